The number of hydrogen-bond acceptors (Lipinski definition) is 1. The molecule has 0 aliphatic rings. The standard InChI is InChI=1S/C14H8F2S/c15-10-3-1-9(2-4-10)11-5-6-13(16)14-12(11)7-8-17-14/h1-8H. The van der Waals surface area contributed by atoms with E-state index >= 15 is 0 Å². The number of hydrogen-bond donors (Lipinski definition) is 0. The molecule has 0 aliphatic carbocycles. The molecule has 1 heterocycles. The van der Waals surface area contributed by atoms with Gasteiger partial charge in [-0.05, 0) is 40.8 Å². The van der Waals surface area contributed by atoms with Gasteiger partial charge in [-0.25, -0.2) is 8.78 Å². The molecular formula is C14H8F2S. The molecule has 0 atom stereocenters. The van der Waals surface area contributed by atoms with E-state index in [1.54, 1.807) is 18.2 Å². The number of benzene rings is 2. The predicted octanol–water partition coefficient (Wildman–Crippen LogP) is 4.85. The van der Waals surface area contributed by atoms with Gasteiger partial charge in [0.25, 0.3) is 0 Å². The van der Waals surface area contributed by atoms with E-state index in [0.29, 0.717) is 4.70 Å². The lowest BCUT2D eigenvalue weighted by molar-refractivity contribution is 0.628. The smallest absolute Gasteiger partial charge is 0.141 e. The van der Waals surface area contributed by atoms with Crippen LogP contribution in [0.4, 0.5) is 8.78 Å². The fourth-order valence-corrected chi connectivity index (χ4v) is 2.74. The van der Waals surface area contributed by atoms with Gasteiger partial charge in [-0.2, -0.15) is 0 Å². The summed E-state index contributed by atoms with van der Waals surface area (Å²) in [6.07, 6.45) is 0. The first kappa shape index (κ1) is 10.4. The maximum Gasteiger partial charge on any atom is 0.141 e. The maximum atomic E-state index is 13.5. The van der Waals surface area contributed by atoms with Crippen molar-refractivity contribution in [1.82, 2.24) is 0 Å². The molecule has 3 aromatic rings. The second-order valence-electron chi connectivity index (χ2n) is 3.77. The van der Waals surface area contributed by atoms with E-state index in [4.69, 9.17) is 0 Å². The molecule has 0 amide bonds. The molecule has 0 radical (unpaired) electrons. The second-order valence-corrected chi connectivity index (χ2v) is 4.68. The number of thiophene rings is 1. The van der Waals surface area contributed by atoms with Gasteiger partial charge < -0.3 is 0 Å². The average Bonchev–Trinajstić information content (AvgIpc) is 2.81. The van der Waals surface area contributed by atoms with Gasteiger partial charge in [-0.3, -0.25) is 0 Å². The van der Waals surface area contributed by atoms with Gasteiger partial charge in [0.1, 0.15) is 11.6 Å². The fraction of sp³-hybridized carbons (Fsp3) is 0. The molecule has 0 unspecified atom stereocenters. The van der Waals surface area contributed by atoms with Crippen LogP contribution in [0.2, 0.25) is 0 Å². The monoisotopic (exact) mass is 246 g/mol. The van der Waals surface area contributed by atoms with E-state index in [1.165, 1.54) is 29.5 Å². The summed E-state index contributed by atoms with van der Waals surface area (Å²) in [6, 6.07) is 11.3. The Kier molecular flexibility index (Phi) is 2.41. The molecule has 1 aromatic heterocycles. The van der Waals surface area contributed by atoms with Crippen molar-refractivity contribution in [2.45, 2.75) is 0 Å². The summed E-state index contributed by atoms with van der Waals surface area (Å²) in [5, 5.41) is 2.74. The summed E-state index contributed by atoms with van der Waals surface area (Å²) in [5.41, 5.74) is 1.83. The van der Waals surface area contributed by atoms with Gasteiger partial charge in [0.05, 0.1) is 4.70 Å². The molecule has 0 saturated heterocycles. The van der Waals surface area contributed by atoms with Crippen LogP contribution in [0.1, 0.15) is 0 Å². The van der Waals surface area contributed by atoms with Gasteiger partial charge >= 0.3 is 0 Å². The van der Waals surface area contributed by atoms with Gasteiger partial charge in [-0.15, -0.1) is 11.3 Å². The van der Waals surface area contributed by atoms with Crippen LogP contribution in [0.25, 0.3) is 21.2 Å². The van der Waals surface area contributed by atoms with Crippen molar-refractivity contribution in [3.8, 4) is 11.1 Å². The van der Waals surface area contributed by atoms with Crippen LogP contribution in [-0.2, 0) is 0 Å². The quantitative estimate of drug-likeness (QED) is 0.576. The molecule has 3 rings (SSSR count). The second kappa shape index (κ2) is 3.93. The van der Waals surface area contributed by atoms with Crippen molar-refractivity contribution in [3.05, 3.63) is 59.5 Å². The van der Waals surface area contributed by atoms with Crippen molar-refractivity contribution in [2.75, 3.05) is 0 Å². The van der Waals surface area contributed by atoms with Crippen molar-refractivity contribution in [3.63, 3.8) is 0 Å². The Bertz CT molecular complexity index is 668. The van der Waals surface area contributed by atoms with Gasteiger partial charge in [0.15, 0.2) is 0 Å². The Hall–Kier alpha value is -1.74. The van der Waals surface area contributed by atoms with Crippen LogP contribution < -0.4 is 0 Å². The zero-order chi connectivity index (χ0) is 11.8. The normalized spacial score (nSPS) is 10.9. The summed E-state index contributed by atoms with van der Waals surface area (Å²) in [6.45, 7) is 0. The van der Waals surface area contributed by atoms with Crippen LogP contribution in [0, 0.1) is 11.6 Å². The first-order chi connectivity index (χ1) is 8.25. The Morgan fingerprint density at radius 1 is 0.824 bits per heavy atom. The number of fused-ring (bicyclic) bond motifs is 1. The minimum Gasteiger partial charge on any atom is -0.207 e. The van der Waals surface area contributed by atoms with Crippen molar-refractivity contribution in [1.29, 1.82) is 0 Å². The molecule has 84 valence electrons. The minimum absolute atomic E-state index is 0.208. The van der Waals surface area contributed by atoms with Crippen LogP contribution in [0.3, 0.4) is 0 Å². The van der Waals surface area contributed by atoms with Gasteiger partial charge in [-0.1, -0.05) is 18.2 Å². The number of halogens is 2. The third-order valence-corrected chi connectivity index (χ3v) is 3.65. The van der Waals surface area contributed by atoms with E-state index in [9.17, 15) is 8.78 Å². The molecule has 0 aliphatic heterocycles. The lowest BCUT2D eigenvalue weighted by Crippen LogP contribution is -1.82. The zero-order valence-corrected chi connectivity index (χ0v) is 9.60. The molecule has 0 nitrogen and oxygen atoms in total. The summed E-state index contributed by atoms with van der Waals surface area (Å²) >= 11 is 1.38. The van der Waals surface area contributed by atoms with Crippen LogP contribution in [0.5, 0.6) is 0 Å². The lowest BCUT2D eigenvalue weighted by atomic mass is 10.0. The lowest BCUT2D eigenvalue weighted by Gasteiger charge is -2.04. The zero-order valence-electron chi connectivity index (χ0n) is 8.78. The van der Waals surface area contributed by atoms with E-state index in [-0.39, 0.29) is 11.6 Å². The highest BCUT2D eigenvalue weighted by Gasteiger charge is 2.08. The summed E-state index contributed by atoms with van der Waals surface area (Å²) in [4.78, 5) is 0. The van der Waals surface area contributed by atoms with E-state index < -0.39 is 0 Å². The topological polar surface area (TPSA) is 0 Å². The third-order valence-electron chi connectivity index (χ3n) is 2.72. The molecule has 0 spiro atoms. The largest absolute Gasteiger partial charge is 0.207 e. The first-order valence-electron chi connectivity index (χ1n) is 5.17. The van der Waals surface area contributed by atoms with Gasteiger partial charge in [0.2, 0.25) is 0 Å². The maximum absolute atomic E-state index is 13.5. The van der Waals surface area contributed by atoms with E-state index in [1.807, 2.05) is 11.4 Å². The van der Waals surface area contributed by atoms with Gasteiger partial charge in [0, 0.05) is 5.39 Å². The highest BCUT2D eigenvalue weighted by molar-refractivity contribution is 7.17. The molecule has 0 saturated carbocycles. The molecular weight excluding hydrogens is 238 g/mol. The van der Waals surface area contributed by atoms with Crippen LogP contribution >= 0.6 is 11.3 Å². The Balaban J connectivity index is 2.27. The van der Waals surface area contributed by atoms with Crippen LogP contribution in [0.15, 0.2) is 47.8 Å². The first-order valence-corrected chi connectivity index (χ1v) is 6.05. The molecule has 3 heteroatoms. The Morgan fingerprint density at radius 2 is 1.59 bits per heavy atom. The Morgan fingerprint density at radius 3 is 2.35 bits per heavy atom. The minimum atomic E-state index is -0.266. The molecule has 2 aromatic carbocycles. The fourth-order valence-electron chi connectivity index (χ4n) is 1.91. The van der Waals surface area contributed by atoms with Crippen LogP contribution in [-0.4, -0.2) is 0 Å². The van der Waals surface area contributed by atoms with Crippen molar-refractivity contribution < 1.29 is 8.78 Å². The predicted molar refractivity (Wildman–Crippen MR) is 67.2 cm³/mol. The summed E-state index contributed by atoms with van der Waals surface area (Å²) < 4.78 is 27.0. The number of rotatable bonds is 1. The molecule has 0 fully saturated rings. The highest BCUT2D eigenvalue weighted by Crippen LogP contribution is 2.33. The van der Waals surface area contributed by atoms with Crippen molar-refractivity contribution in [2.24, 2.45) is 0 Å². The summed E-state index contributed by atoms with van der Waals surface area (Å²) in [7, 11) is 0. The SMILES string of the molecule is Fc1ccc(-c2ccc(F)c3sccc23)cc1. The van der Waals surface area contributed by atoms with E-state index in [2.05, 4.69) is 0 Å². The molecule has 17 heavy (non-hydrogen) atoms. The Labute approximate surface area is 101 Å². The third kappa shape index (κ3) is 1.72. The molecule has 0 N–H and O–H groups in total. The van der Waals surface area contributed by atoms with Crippen molar-refractivity contribution >= 4 is 21.4 Å². The van der Waals surface area contributed by atoms with E-state index in [0.717, 1.165) is 16.5 Å². The highest BCUT2D eigenvalue weighted by atomic mass is 32.1. The molecule has 0 bridgehead atoms. The average molecular weight is 246 g/mol. The summed E-state index contributed by atoms with van der Waals surface area (Å²) in [5.74, 6) is -0.474.